The average Bonchev–Trinajstić information content (AvgIpc) is 2.62. The van der Waals surface area contributed by atoms with Gasteiger partial charge >= 0.3 is 5.97 Å². The van der Waals surface area contributed by atoms with Crippen LogP contribution in [0.1, 0.15) is 17.3 Å². The van der Waals surface area contributed by atoms with Crippen LogP contribution in [-0.4, -0.2) is 34.3 Å². The Bertz CT molecular complexity index is 867. The van der Waals surface area contributed by atoms with Gasteiger partial charge < -0.3 is 4.74 Å². The van der Waals surface area contributed by atoms with E-state index >= 15 is 0 Å². The summed E-state index contributed by atoms with van der Waals surface area (Å²) in [5.74, 6) is -0.621. The summed E-state index contributed by atoms with van der Waals surface area (Å²) in [6.07, 6.45) is 1.92. The number of benzene rings is 2. The normalized spacial score (nSPS) is 11.2. The van der Waals surface area contributed by atoms with Gasteiger partial charge in [-0.3, -0.25) is 4.31 Å². The molecule has 0 heterocycles. The number of carbonyl (C=O) groups excluding carboxylic acids is 1. The Labute approximate surface area is 157 Å². The van der Waals surface area contributed by atoms with E-state index < -0.39 is 16.0 Å². The molecule has 2 aromatic rings. The van der Waals surface area contributed by atoms with E-state index in [-0.39, 0.29) is 22.0 Å². The van der Waals surface area contributed by atoms with Crippen LogP contribution in [0.25, 0.3) is 0 Å². The standard InChI is InChI=1S/C17H18ClNO4S2/c1-4-19(12-5-10-16(18)15(11-12)17(20)23-2)25(21,22)14-8-6-13(24-3)7-9-14/h5-11H,4H2,1-3H3. The third-order valence-electron chi connectivity index (χ3n) is 3.58. The number of nitrogens with zero attached hydrogens (tertiary/aromatic N) is 1. The van der Waals surface area contributed by atoms with Crippen molar-refractivity contribution in [3.63, 3.8) is 0 Å². The zero-order chi connectivity index (χ0) is 18.6. The van der Waals surface area contributed by atoms with E-state index in [4.69, 9.17) is 11.6 Å². The molecule has 0 spiro atoms. The Morgan fingerprint density at radius 1 is 1.20 bits per heavy atom. The van der Waals surface area contributed by atoms with Crippen LogP contribution in [-0.2, 0) is 14.8 Å². The van der Waals surface area contributed by atoms with Gasteiger partial charge in [-0.15, -0.1) is 11.8 Å². The molecule has 0 aliphatic rings. The first kappa shape index (κ1) is 19.6. The first-order chi connectivity index (χ1) is 11.8. The number of carbonyl (C=O) groups is 1. The summed E-state index contributed by atoms with van der Waals surface area (Å²) in [6, 6.07) is 11.1. The number of methoxy groups -OCH3 is 1. The second-order valence-corrected chi connectivity index (χ2v) is 8.15. The highest BCUT2D eigenvalue weighted by Gasteiger charge is 2.25. The molecule has 0 saturated heterocycles. The number of esters is 1. The zero-order valence-corrected chi connectivity index (χ0v) is 16.4. The molecule has 2 aromatic carbocycles. The number of anilines is 1. The van der Waals surface area contributed by atoms with Gasteiger partial charge in [0.05, 0.1) is 28.3 Å². The second kappa shape index (κ2) is 8.12. The minimum absolute atomic E-state index is 0.119. The van der Waals surface area contributed by atoms with Crippen molar-refractivity contribution < 1.29 is 17.9 Å². The van der Waals surface area contributed by atoms with Crippen LogP contribution in [0.4, 0.5) is 5.69 Å². The highest BCUT2D eigenvalue weighted by Crippen LogP contribution is 2.29. The van der Waals surface area contributed by atoms with Crippen LogP contribution in [0.2, 0.25) is 5.02 Å². The van der Waals surface area contributed by atoms with Gasteiger partial charge in [-0.25, -0.2) is 13.2 Å². The van der Waals surface area contributed by atoms with E-state index in [2.05, 4.69) is 4.74 Å². The lowest BCUT2D eigenvalue weighted by atomic mass is 10.2. The number of thioether (sulfide) groups is 1. The molecular weight excluding hydrogens is 382 g/mol. The first-order valence-corrected chi connectivity index (χ1v) is 10.4. The molecule has 0 unspecified atom stereocenters. The highest BCUT2D eigenvalue weighted by molar-refractivity contribution is 7.98. The van der Waals surface area contributed by atoms with Crippen molar-refractivity contribution in [1.29, 1.82) is 0 Å². The summed E-state index contributed by atoms with van der Waals surface area (Å²) >= 11 is 7.54. The first-order valence-electron chi connectivity index (χ1n) is 7.39. The Morgan fingerprint density at radius 2 is 1.84 bits per heavy atom. The van der Waals surface area contributed by atoms with Crippen molar-refractivity contribution >= 4 is 45.0 Å². The lowest BCUT2D eigenvalue weighted by Crippen LogP contribution is -2.31. The Hall–Kier alpha value is -1.70. The number of ether oxygens (including phenoxy) is 1. The third-order valence-corrected chi connectivity index (χ3v) is 6.57. The quantitative estimate of drug-likeness (QED) is 0.541. The molecule has 0 amide bonds. The summed E-state index contributed by atoms with van der Waals surface area (Å²) in [4.78, 5) is 13.0. The molecule has 0 aliphatic carbocycles. The average molecular weight is 400 g/mol. The third kappa shape index (κ3) is 4.11. The molecule has 5 nitrogen and oxygen atoms in total. The van der Waals surface area contributed by atoms with E-state index in [1.807, 2.05) is 6.26 Å². The van der Waals surface area contributed by atoms with Gasteiger partial charge in [0, 0.05) is 11.4 Å². The molecule has 0 atom stereocenters. The van der Waals surface area contributed by atoms with Crippen LogP contribution >= 0.6 is 23.4 Å². The molecule has 0 fully saturated rings. The fourth-order valence-electron chi connectivity index (χ4n) is 2.30. The summed E-state index contributed by atoms with van der Waals surface area (Å²) in [7, 11) is -2.52. The van der Waals surface area contributed by atoms with Crippen LogP contribution in [0.3, 0.4) is 0 Å². The SMILES string of the molecule is CCN(c1ccc(Cl)c(C(=O)OC)c1)S(=O)(=O)c1ccc(SC)cc1. The molecule has 0 saturated carbocycles. The molecule has 134 valence electrons. The minimum atomic E-state index is -3.76. The molecule has 0 N–H and O–H groups in total. The van der Waals surface area contributed by atoms with Gasteiger partial charge in [-0.1, -0.05) is 11.6 Å². The van der Waals surface area contributed by atoms with Gasteiger partial charge in [0.15, 0.2) is 0 Å². The Morgan fingerprint density at radius 3 is 2.36 bits per heavy atom. The number of hydrogen-bond acceptors (Lipinski definition) is 5. The number of sulfonamides is 1. The van der Waals surface area contributed by atoms with Crippen LogP contribution in [0.5, 0.6) is 0 Å². The molecule has 2 rings (SSSR count). The smallest absolute Gasteiger partial charge is 0.339 e. The van der Waals surface area contributed by atoms with E-state index in [0.29, 0.717) is 5.69 Å². The van der Waals surface area contributed by atoms with Crippen molar-refractivity contribution in [2.45, 2.75) is 16.7 Å². The van der Waals surface area contributed by atoms with Gasteiger partial charge in [-0.05, 0) is 55.6 Å². The summed E-state index contributed by atoms with van der Waals surface area (Å²) in [5.41, 5.74) is 0.467. The minimum Gasteiger partial charge on any atom is -0.465 e. The lowest BCUT2D eigenvalue weighted by molar-refractivity contribution is 0.0601. The topological polar surface area (TPSA) is 63.7 Å². The van der Waals surface area contributed by atoms with Crippen LogP contribution < -0.4 is 4.31 Å². The molecule has 0 bridgehead atoms. The predicted octanol–water partition coefficient (Wildman–Crippen LogP) is 4.06. The van der Waals surface area contributed by atoms with Crippen LogP contribution in [0, 0.1) is 0 Å². The molecule has 0 aliphatic heterocycles. The maximum atomic E-state index is 13.0. The summed E-state index contributed by atoms with van der Waals surface area (Å²) < 4.78 is 31.9. The zero-order valence-electron chi connectivity index (χ0n) is 14.0. The lowest BCUT2D eigenvalue weighted by Gasteiger charge is -2.23. The van der Waals surface area contributed by atoms with Gasteiger partial charge in [0.25, 0.3) is 10.0 Å². The molecule has 8 heteroatoms. The van der Waals surface area contributed by atoms with Crippen LogP contribution in [0.15, 0.2) is 52.3 Å². The maximum absolute atomic E-state index is 13.0. The van der Waals surface area contributed by atoms with Crippen molar-refractivity contribution in [2.24, 2.45) is 0 Å². The van der Waals surface area contributed by atoms with E-state index in [0.717, 1.165) is 4.90 Å². The fourth-order valence-corrected chi connectivity index (χ4v) is 4.37. The second-order valence-electron chi connectivity index (χ2n) is 5.00. The van der Waals surface area contributed by atoms with Gasteiger partial charge in [-0.2, -0.15) is 0 Å². The van der Waals surface area contributed by atoms with Gasteiger partial charge in [0.1, 0.15) is 0 Å². The van der Waals surface area contributed by atoms with Crippen molar-refractivity contribution in [3.05, 3.63) is 53.1 Å². The molecule has 0 aromatic heterocycles. The maximum Gasteiger partial charge on any atom is 0.339 e. The Kier molecular flexibility index (Phi) is 6.37. The van der Waals surface area contributed by atoms with E-state index in [1.165, 1.54) is 35.3 Å². The largest absolute Gasteiger partial charge is 0.465 e. The molecule has 0 radical (unpaired) electrons. The predicted molar refractivity (Wildman–Crippen MR) is 101 cm³/mol. The number of hydrogen-bond donors (Lipinski definition) is 0. The fraction of sp³-hybridized carbons (Fsp3) is 0.235. The van der Waals surface area contributed by atoms with E-state index in [1.54, 1.807) is 37.3 Å². The highest BCUT2D eigenvalue weighted by atomic mass is 35.5. The summed E-state index contributed by atoms with van der Waals surface area (Å²) in [6.45, 7) is 1.93. The molecular formula is C17H18ClNO4S2. The van der Waals surface area contributed by atoms with Crippen molar-refractivity contribution in [2.75, 3.05) is 24.2 Å². The number of rotatable bonds is 6. The van der Waals surface area contributed by atoms with Crippen molar-refractivity contribution in [3.8, 4) is 0 Å². The molecule has 25 heavy (non-hydrogen) atoms. The number of halogens is 1. The Balaban J connectivity index is 2.49. The van der Waals surface area contributed by atoms with Crippen molar-refractivity contribution in [1.82, 2.24) is 0 Å². The monoisotopic (exact) mass is 399 g/mol. The summed E-state index contributed by atoms with van der Waals surface area (Å²) in [5, 5.41) is 0.202. The van der Waals surface area contributed by atoms with Gasteiger partial charge in [0.2, 0.25) is 0 Å². The van der Waals surface area contributed by atoms with E-state index in [9.17, 15) is 13.2 Å².